The van der Waals surface area contributed by atoms with Crippen molar-refractivity contribution in [1.29, 1.82) is 0 Å². The summed E-state index contributed by atoms with van der Waals surface area (Å²) in [6.07, 6.45) is 7.62. The molecular weight excluding hydrogens is 1140 g/mol. The number of carbonyl (C=O) groups excluding carboxylic acids is 7. The molecular formula is C58H103ClN6O20. The van der Waals surface area contributed by atoms with Crippen LogP contribution in [0, 0.1) is 16.2 Å². The molecule has 0 aromatic carbocycles. The van der Waals surface area contributed by atoms with Crippen LogP contribution in [0.1, 0.15) is 179 Å². The van der Waals surface area contributed by atoms with E-state index in [1.165, 1.54) is 19.1 Å². The average Bonchev–Trinajstić information content (AvgIpc) is 3.18. The molecule has 3 saturated heterocycles. The summed E-state index contributed by atoms with van der Waals surface area (Å²) in [5, 5.41) is 57.5. The molecule has 6 aliphatic rings. The molecule has 0 aromatic heterocycles. The van der Waals surface area contributed by atoms with Gasteiger partial charge in [0.2, 0.25) is 11.8 Å². The van der Waals surface area contributed by atoms with Gasteiger partial charge in [-0.2, -0.15) is 0 Å². The molecule has 0 unspecified atom stereocenters. The molecule has 492 valence electrons. The van der Waals surface area contributed by atoms with Crippen LogP contribution in [-0.4, -0.2) is 209 Å². The first-order valence-corrected chi connectivity index (χ1v) is 29.3. The van der Waals surface area contributed by atoms with Crippen molar-refractivity contribution in [2.45, 2.75) is 258 Å². The number of likely N-dealkylation sites (tertiary alicyclic amines) is 2. The van der Waals surface area contributed by atoms with E-state index in [2.05, 4.69) is 26.0 Å². The molecule has 0 spiro atoms. The molecule has 9 N–H and O–H groups in total. The number of β-amino-alcohol motifs (C(OH)–C–C–N with tert-alkyl or cyclic N) is 3. The largest absolute Gasteiger partial charge is 0.480 e. The number of halogens is 1. The molecule has 3 saturated carbocycles. The van der Waals surface area contributed by atoms with Gasteiger partial charge in [0.25, 0.3) is 0 Å². The third-order valence-electron chi connectivity index (χ3n) is 14.9. The highest BCUT2D eigenvalue weighted by Gasteiger charge is 2.47. The van der Waals surface area contributed by atoms with Crippen LogP contribution in [0.5, 0.6) is 0 Å². The van der Waals surface area contributed by atoms with Crippen molar-refractivity contribution < 1.29 is 97.1 Å². The van der Waals surface area contributed by atoms with Crippen LogP contribution in [0.2, 0.25) is 0 Å². The van der Waals surface area contributed by atoms with Crippen LogP contribution in [0.25, 0.3) is 0 Å². The third kappa shape index (κ3) is 27.5. The van der Waals surface area contributed by atoms with Gasteiger partial charge >= 0.3 is 42.2 Å². The Balaban J connectivity index is 0.000000568. The second kappa shape index (κ2) is 35.5. The molecule has 3 heterocycles. The quantitative estimate of drug-likeness (QED) is 0.0894. The summed E-state index contributed by atoms with van der Waals surface area (Å²) in [6.45, 7) is 22.7. The van der Waals surface area contributed by atoms with Crippen LogP contribution in [0.15, 0.2) is 0 Å². The number of methoxy groups -OCH3 is 3. The maximum atomic E-state index is 13.1. The predicted octanol–water partition coefficient (Wildman–Crippen LogP) is 5.21. The van der Waals surface area contributed by atoms with E-state index in [4.69, 9.17) is 33.9 Å². The standard InChI is InChI=1S/C18H30N2O6.C17H28N2O6.C12H21NO4.C6H11NO3.C5H12O.ClH/c1-18(2,3)14(19-17(24)26-12-7-5-6-8-12)15(22)20-10-11(21)9-13(20)16(23)25-4;1-17(2,3)13(18-16(24)25-11-6-4-5-7-11)14(21)19-9-10(20)8-12(19)15(22)23;1-12(2,3)9(10(14)15)13-11(16)17-8-6-4-5-7-8;1-10-6(9)5-2-4(8)3-7-5;1-5(2,3)6-4;/h11-14,21H,5-10H2,1-4H3,(H,19,24);10-13,20H,4-9H2,1-3H3,(H,18,24)(H,22,23);8-9H,4-7H2,1-3H3,(H,13,16)(H,14,15);4-5,7-8H,2-3H2,1H3;1-4H3;1H/t11-,13-,14+;10-,12-,13+;9-;4-,5-;;/m0010../s1. The normalized spacial score (nSPS) is 23.6. The number of nitrogens with zero attached hydrogens (tertiary/aromatic N) is 2. The molecule has 3 aliphatic heterocycles. The number of carboxylic acid groups (broad SMARTS) is 2. The Kier molecular flexibility index (Phi) is 32.5. The van der Waals surface area contributed by atoms with Crippen molar-refractivity contribution in [3.05, 3.63) is 0 Å². The molecule has 6 rings (SSSR count). The lowest BCUT2D eigenvalue weighted by atomic mass is 9.85. The van der Waals surface area contributed by atoms with E-state index >= 15 is 0 Å². The predicted molar refractivity (Wildman–Crippen MR) is 313 cm³/mol. The number of amides is 5. The van der Waals surface area contributed by atoms with Gasteiger partial charge in [0, 0.05) is 46.0 Å². The molecule has 6 fully saturated rings. The summed E-state index contributed by atoms with van der Waals surface area (Å²) in [5.41, 5.74) is -1.73. The van der Waals surface area contributed by atoms with Crippen molar-refractivity contribution in [3.63, 3.8) is 0 Å². The summed E-state index contributed by atoms with van der Waals surface area (Å²) in [6, 6.07) is -4.99. The van der Waals surface area contributed by atoms with Crippen LogP contribution >= 0.6 is 12.4 Å². The van der Waals surface area contributed by atoms with E-state index in [1.807, 2.05) is 41.5 Å². The number of carboxylic acids is 2. The Morgan fingerprint density at radius 3 is 1.07 bits per heavy atom. The fourth-order valence-corrected chi connectivity index (χ4v) is 9.95. The fraction of sp³-hybridized carbons (Fsp3) is 0.845. The van der Waals surface area contributed by atoms with Crippen molar-refractivity contribution in [3.8, 4) is 0 Å². The van der Waals surface area contributed by atoms with Gasteiger partial charge in [-0.05, 0) is 114 Å². The van der Waals surface area contributed by atoms with Gasteiger partial charge in [0.05, 0.1) is 38.1 Å². The number of alkyl carbamates (subject to hydrolysis) is 3. The zero-order valence-corrected chi connectivity index (χ0v) is 53.6. The number of nitrogens with one attached hydrogen (secondary N) is 4. The van der Waals surface area contributed by atoms with E-state index in [-0.39, 0.29) is 74.3 Å². The fourth-order valence-electron chi connectivity index (χ4n) is 9.95. The first-order chi connectivity index (χ1) is 38.8. The zero-order chi connectivity index (χ0) is 64.1. The number of carbonyl (C=O) groups is 9. The lowest BCUT2D eigenvalue weighted by molar-refractivity contribution is -0.152. The highest BCUT2D eigenvalue weighted by atomic mass is 35.5. The minimum atomic E-state index is -1.16. The summed E-state index contributed by atoms with van der Waals surface area (Å²) in [7, 11) is 4.29. The highest BCUT2D eigenvalue weighted by molar-refractivity contribution is 5.92. The minimum Gasteiger partial charge on any atom is -0.480 e. The topological polar surface area (TPSA) is 365 Å². The van der Waals surface area contributed by atoms with Crippen molar-refractivity contribution in [2.75, 3.05) is 41.0 Å². The Hall–Kier alpha value is -5.28. The van der Waals surface area contributed by atoms with Gasteiger partial charge < -0.3 is 85.0 Å². The molecule has 27 heteroatoms. The van der Waals surface area contributed by atoms with Gasteiger partial charge in [0.1, 0.15) is 54.6 Å². The Labute approximate surface area is 508 Å². The first-order valence-electron chi connectivity index (χ1n) is 29.3. The number of aliphatic carboxylic acids is 2. The van der Waals surface area contributed by atoms with Gasteiger partial charge in [-0.3, -0.25) is 14.4 Å². The van der Waals surface area contributed by atoms with Crippen LogP contribution in [0.4, 0.5) is 14.4 Å². The monoisotopic (exact) mass is 1240 g/mol. The van der Waals surface area contributed by atoms with E-state index in [9.17, 15) is 58.5 Å². The number of hydrogen-bond donors (Lipinski definition) is 9. The maximum absolute atomic E-state index is 13.1. The molecule has 85 heavy (non-hydrogen) atoms. The van der Waals surface area contributed by atoms with Crippen LogP contribution in [-0.2, 0) is 57.2 Å². The van der Waals surface area contributed by atoms with Crippen LogP contribution < -0.4 is 21.3 Å². The van der Waals surface area contributed by atoms with E-state index in [1.54, 1.807) is 48.7 Å². The number of aliphatic hydroxyl groups excluding tert-OH is 3. The lowest BCUT2D eigenvalue weighted by Gasteiger charge is -2.34. The lowest BCUT2D eigenvalue weighted by Crippen LogP contribution is -2.57. The Bertz CT molecular complexity index is 2150. The van der Waals surface area contributed by atoms with Gasteiger partial charge in [-0.15, -0.1) is 12.4 Å². The van der Waals surface area contributed by atoms with E-state index in [0.29, 0.717) is 13.0 Å². The number of esters is 2. The molecule has 0 bridgehead atoms. The smallest absolute Gasteiger partial charge is 0.408 e. The molecule has 0 aromatic rings. The van der Waals surface area contributed by atoms with E-state index in [0.717, 1.165) is 81.9 Å². The average molecular weight is 1240 g/mol. The molecule has 26 nitrogen and oxygen atoms in total. The van der Waals surface area contributed by atoms with Crippen LogP contribution in [0.3, 0.4) is 0 Å². The first kappa shape index (κ1) is 77.7. The Morgan fingerprint density at radius 1 is 0.482 bits per heavy atom. The van der Waals surface area contributed by atoms with Crippen molar-refractivity contribution in [1.82, 2.24) is 31.1 Å². The highest BCUT2D eigenvalue weighted by Crippen LogP contribution is 2.30. The zero-order valence-electron chi connectivity index (χ0n) is 52.8. The second-order valence-electron chi connectivity index (χ2n) is 26.4. The SMILES string of the molecule is CC(C)(C)[C@H](NC(=O)OC1CCCC1)C(=O)N1C[C@@H](O)C[C@H]1C(=O)O.CC(C)(C)[C@H](NC(=O)OC1CCCC1)C(=O)O.COC(=O)[C@@H]1C[C@H](O)CN1.COC(=O)[C@@H]1C[C@H](O)CN1C(=O)[C@@H](NC(=O)OC1CCCC1)C(C)(C)C.COC(C)(C)C.Cl. The number of aliphatic hydroxyl groups is 3. The summed E-state index contributed by atoms with van der Waals surface area (Å²) >= 11 is 0. The second-order valence-corrected chi connectivity index (χ2v) is 26.4. The minimum absolute atomic E-state index is 0. The summed E-state index contributed by atoms with van der Waals surface area (Å²) < 4.78 is 30.1. The molecule has 3 aliphatic carbocycles. The molecule has 0 radical (unpaired) electrons. The summed E-state index contributed by atoms with van der Waals surface area (Å²) in [5.74, 6) is -4.01. The van der Waals surface area contributed by atoms with Crippen molar-refractivity contribution >= 4 is 66.4 Å². The third-order valence-corrected chi connectivity index (χ3v) is 14.9. The van der Waals surface area contributed by atoms with E-state index < -0.39 is 113 Å². The summed E-state index contributed by atoms with van der Waals surface area (Å²) in [4.78, 5) is 110. The molecule has 9 atom stereocenters. The Morgan fingerprint density at radius 2 is 0.800 bits per heavy atom. The van der Waals surface area contributed by atoms with Crippen molar-refractivity contribution in [2.24, 2.45) is 16.2 Å². The van der Waals surface area contributed by atoms with Gasteiger partial charge in [-0.25, -0.2) is 28.8 Å². The van der Waals surface area contributed by atoms with Gasteiger partial charge in [-0.1, -0.05) is 62.3 Å². The maximum Gasteiger partial charge on any atom is 0.408 e. The number of ether oxygens (including phenoxy) is 6. The molecule has 5 amide bonds. The number of hydrogen-bond acceptors (Lipinski definition) is 19. The number of rotatable bonds is 12. The van der Waals surface area contributed by atoms with Gasteiger partial charge in [0.15, 0.2) is 0 Å².